The molecule has 2 aromatic rings. The summed E-state index contributed by atoms with van der Waals surface area (Å²) in [5.74, 6) is -2.68. The summed E-state index contributed by atoms with van der Waals surface area (Å²) < 4.78 is 5.20. The number of hydrogen-bond acceptors (Lipinski definition) is 7. The van der Waals surface area contributed by atoms with Crippen LogP contribution < -0.4 is 4.74 Å². The van der Waals surface area contributed by atoms with Crippen LogP contribution in [0, 0.1) is 17.8 Å². The monoisotopic (exact) mass is 515 g/mol. The lowest BCUT2D eigenvalue weighted by molar-refractivity contribution is -0.140. The predicted octanol–water partition coefficient (Wildman–Crippen LogP) is 4.09. The molecule has 0 bridgehead atoms. The number of hydrogen-bond donors (Lipinski definition) is 1. The maximum atomic E-state index is 13.7. The zero-order valence-corrected chi connectivity index (χ0v) is 21.2. The van der Waals surface area contributed by atoms with Crippen LogP contribution in [0.25, 0.3) is 0 Å². The molecule has 1 N–H and O–H groups in total. The van der Waals surface area contributed by atoms with E-state index in [0.29, 0.717) is 34.5 Å². The number of allylic oxidation sites excluding steroid dienone is 6. The highest BCUT2D eigenvalue weighted by molar-refractivity contribution is 7.09. The van der Waals surface area contributed by atoms with Gasteiger partial charge in [-0.3, -0.25) is 24.1 Å². The lowest BCUT2D eigenvalue weighted by atomic mass is 9.59. The fourth-order valence-electron chi connectivity index (χ4n) is 6.41. The molecule has 1 fully saturated rings. The van der Waals surface area contributed by atoms with Crippen LogP contribution in [0.5, 0.6) is 11.5 Å². The zero-order valence-electron chi connectivity index (χ0n) is 20.4. The van der Waals surface area contributed by atoms with Gasteiger partial charge in [0.15, 0.2) is 23.1 Å². The Morgan fingerprint density at radius 2 is 1.92 bits per heavy atom. The van der Waals surface area contributed by atoms with Gasteiger partial charge in [0.2, 0.25) is 11.8 Å². The summed E-state index contributed by atoms with van der Waals surface area (Å²) in [6, 6.07) is 8.76. The highest BCUT2D eigenvalue weighted by Gasteiger charge is 2.56. The minimum absolute atomic E-state index is 0.0744. The predicted molar refractivity (Wildman–Crippen MR) is 136 cm³/mol. The fraction of sp³-hybridized carbons (Fsp3) is 0.310. The Hall–Kier alpha value is -3.78. The molecule has 1 aliphatic heterocycles. The van der Waals surface area contributed by atoms with Crippen molar-refractivity contribution >= 4 is 34.7 Å². The first kappa shape index (κ1) is 23.6. The van der Waals surface area contributed by atoms with E-state index in [4.69, 9.17) is 4.74 Å². The molecule has 2 amide bonds. The first-order valence-electron chi connectivity index (χ1n) is 12.2. The number of carbonyl (C=O) groups is 4. The Morgan fingerprint density at radius 1 is 1.11 bits per heavy atom. The van der Waals surface area contributed by atoms with Gasteiger partial charge in [0.25, 0.3) is 0 Å². The van der Waals surface area contributed by atoms with E-state index in [9.17, 15) is 24.3 Å². The Balaban J connectivity index is 1.46. The topological polar surface area (TPSA) is 101 Å². The van der Waals surface area contributed by atoms with Crippen molar-refractivity contribution in [2.75, 3.05) is 7.11 Å². The summed E-state index contributed by atoms with van der Waals surface area (Å²) >= 11 is 1.50. The number of amides is 2. The number of thiophene rings is 1. The van der Waals surface area contributed by atoms with Crippen molar-refractivity contribution in [3.63, 3.8) is 0 Å². The van der Waals surface area contributed by atoms with Crippen LogP contribution in [-0.4, -0.2) is 40.5 Å². The highest BCUT2D eigenvalue weighted by Crippen LogP contribution is 2.55. The van der Waals surface area contributed by atoms with Crippen LogP contribution in [0.1, 0.15) is 36.1 Å². The van der Waals surface area contributed by atoms with Gasteiger partial charge in [-0.1, -0.05) is 23.8 Å². The van der Waals surface area contributed by atoms with Gasteiger partial charge in [-0.2, -0.15) is 0 Å². The number of rotatable bonds is 4. The third-order valence-electron chi connectivity index (χ3n) is 8.09. The van der Waals surface area contributed by atoms with Gasteiger partial charge >= 0.3 is 0 Å². The van der Waals surface area contributed by atoms with Crippen molar-refractivity contribution < 1.29 is 29.0 Å². The summed E-state index contributed by atoms with van der Waals surface area (Å²) in [4.78, 5) is 56.0. The van der Waals surface area contributed by atoms with Gasteiger partial charge in [-0.25, -0.2) is 0 Å². The van der Waals surface area contributed by atoms with E-state index in [1.54, 1.807) is 25.1 Å². The first-order chi connectivity index (χ1) is 17.8. The molecule has 0 radical (unpaired) electrons. The van der Waals surface area contributed by atoms with Crippen molar-refractivity contribution in [2.45, 2.75) is 32.2 Å². The number of ether oxygens (including phenoxy) is 1. The first-order valence-corrected chi connectivity index (χ1v) is 13.1. The number of fused-ring (bicyclic) bond motifs is 3. The molecule has 8 heteroatoms. The molecule has 4 aliphatic rings. The third kappa shape index (κ3) is 3.54. The largest absolute Gasteiger partial charge is 0.504 e. The number of likely N-dealkylation sites (tertiary alicyclic amines) is 1. The second-order valence-corrected chi connectivity index (χ2v) is 11.0. The van der Waals surface area contributed by atoms with E-state index in [1.807, 2.05) is 23.6 Å². The van der Waals surface area contributed by atoms with Crippen LogP contribution in [-0.2, 0) is 25.7 Å². The Bertz CT molecular complexity index is 1460. The zero-order chi connectivity index (χ0) is 26.0. The van der Waals surface area contributed by atoms with Gasteiger partial charge < -0.3 is 9.84 Å². The minimum Gasteiger partial charge on any atom is -0.504 e. The molecule has 0 unspecified atom stereocenters. The summed E-state index contributed by atoms with van der Waals surface area (Å²) in [5.41, 5.74) is 2.68. The van der Waals surface area contributed by atoms with Crippen LogP contribution in [0.15, 0.2) is 70.2 Å². The lowest BCUT2D eigenvalue weighted by Gasteiger charge is -2.42. The average Bonchev–Trinajstić information content (AvgIpc) is 3.49. The van der Waals surface area contributed by atoms with Crippen LogP contribution >= 0.6 is 11.3 Å². The number of ketones is 2. The standard InChI is InChI=1S/C29H25NO6S/c1-14-10-21(31)20-12-19-17(24(26(20)27(14)33)15-5-8-23(36-2)22(32)11-15)6-7-18-25(19)29(35)30(28(18)34)13-16-4-3-9-37-16/h3-6,8-11,18-19,24-25,32H,7,12-13H2,1-2H3/t18-,19+,24-,25-/m0/s1. The van der Waals surface area contributed by atoms with E-state index >= 15 is 0 Å². The van der Waals surface area contributed by atoms with Gasteiger partial charge in [-0.05, 0) is 60.9 Å². The number of Topliss-reactive ketones (excluding diaryl/α,β-unsaturated/α-hetero) is 1. The lowest BCUT2D eigenvalue weighted by Crippen LogP contribution is -2.39. The van der Waals surface area contributed by atoms with Crippen molar-refractivity contribution in [1.29, 1.82) is 0 Å². The quantitative estimate of drug-likeness (QED) is 0.374. The average molecular weight is 516 g/mol. The maximum Gasteiger partial charge on any atom is 0.234 e. The number of nitrogens with zero attached hydrogens (tertiary/aromatic N) is 1. The fourth-order valence-corrected chi connectivity index (χ4v) is 7.10. The third-order valence-corrected chi connectivity index (χ3v) is 8.95. The van der Waals surface area contributed by atoms with Gasteiger partial charge in [0, 0.05) is 27.5 Å². The SMILES string of the molecule is COc1ccc([C@H]2C3=CC[C@@H]4C(=O)N(Cc5cccs5)C(=O)[C@@H]4[C@@H]3CC3=C2C(=O)C(C)=CC3=O)cc1O. The van der Waals surface area contributed by atoms with Gasteiger partial charge in [0.1, 0.15) is 0 Å². The maximum absolute atomic E-state index is 13.7. The Labute approximate surface area is 217 Å². The summed E-state index contributed by atoms with van der Waals surface area (Å²) in [5, 5.41) is 12.5. The second-order valence-electron chi connectivity index (χ2n) is 10.0. The van der Waals surface area contributed by atoms with Crippen molar-refractivity contribution in [1.82, 2.24) is 4.90 Å². The van der Waals surface area contributed by atoms with Crippen molar-refractivity contribution in [3.05, 3.63) is 80.6 Å². The molecular formula is C29H25NO6S. The molecule has 4 atom stereocenters. The molecule has 1 aromatic carbocycles. The van der Waals surface area contributed by atoms with Crippen molar-refractivity contribution in [2.24, 2.45) is 17.8 Å². The van der Waals surface area contributed by atoms with E-state index < -0.39 is 17.8 Å². The molecule has 2 heterocycles. The highest BCUT2D eigenvalue weighted by atomic mass is 32.1. The number of benzene rings is 1. The number of aromatic hydroxyl groups is 1. The van der Waals surface area contributed by atoms with E-state index in [0.717, 1.165) is 10.5 Å². The number of phenolic OH excluding ortho intramolecular Hbond substituents is 1. The molecule has 1 saturated heterocycles. The van der Waals surface area contributed by atoms with E-state index in [1.165, 1.54) is 29.4 Å². The number of methoxy groups -OCH3 is 1. The van der Waals surface area contributed by atoms with Gasteiger partial charge in [0.05, 0.1) is 25.5 Å². The molecular weight excluding hydrogens is 490 g/mol. The smallest absolute Gasteiger partial charge is 0.234 e. The summed E-state index contributed by atoms with van der Waals surface area (Å²) in [7, 11) is 1.46. The summed E-state index contributed by atoms with van der Waals surface area (Å²) in [6.45, 7) is 1.87. The van der Waals surface area contributed by atoms with Crippen molar-refractivity contribution in [3.8, 4) is 11.5 Å². The molecule has 37 heavy (non-hydrogen) atoms. The van der Waals surface area contributed by atoms with Gasteiger partial charge in [-0.15, -0.1) is 11.3 Å². The van der Waals surface area contributed by atoms with Crippen LogP contribution in [0.2, 0.25) is 0 Å². The molecule has 6 rings (SSSR count). The van der Waals surface area contributed by atoms with Crippen LogP contribution in [0.4, 0.5) is 0 Å². The normalized spacial score (nSPS) is 27.0. The number of carbonyl (C=O) groups excluding carboxylic acids is 4. The molecule has 188 valence electrons. The molecule has 1 aromatic heterocycles. The minimum atomic E-state index is -0.596. The molecule has 0 spiro atoms. The van der Waals surface area contributed by atoms with E-state index in [2.05, 4.69) is 0 Å². The number of phenols is 1. The molecule has 3 aliphatic carbocycles. The number of imide groups is 1. The summed E-state index contributed by atoms with van der Waals surface area (Å²) in [6.07, 6.45) is 3.97. The molecule has 7 nitrogen and oxygen atoms in total. The van der Waals surface area contributed by atoms with E-state index in [-0.39, 0.29) is 48.0 Å². The van der Waals surface area contributed by atoms with Crippen LogP contribution in [0.3, 0.4) is 0 Å². The second kappa shape index (κ2) is 8.66. The Kier molecular flexibility index (Phi) is 5.53. The Morgan fingerprint density at radius 3 is 2.62 bits per heavy atom. The molecule has 0 saturated carbocycles.